The maximum atomic E-state index is 13.9. The number of halogens is 2. The van der Waals surface area contributed by atoms with Crippen LogP contribution in [0.5, 0.6) is 0 Å². The number of thioether (sulfide) groups is 1. The summed E-state index contributed by atoms with van der Waals surface area (Å²) < 4.78 is 27.2. The van der Waals surface area contributed by atoms with E-state index in [9.17, 15) is 18.4 Å². The van der Waals surface area contributed by atoms with Crippen LogP contribution in [0.25, 0.3) is 0 Å². The smallest absolute Gasteiger partial charge is 0.258 e. The average Bonchev–Trinajstić information content (AvgIpc) is 2.85. The molecule has 0 bridgehead atoms. The number of amides is 2. The molecule has 0 radical (unpaired) electrons. The van der Waals surface area contributed by atoms with Gasteiger partial charge in [0.25, 0.3) is 5.91 Å². The summed E-state index contributed by atoms with van der Waals surface area (Å²) in [5, 5.41) is 4.92. The predicted octanol–water partition coefficient (Wildman–Crippen LogP) is 6.69. The quantitative estimate of drug-likeness (QED) is 0.294. The standard InChI is InChI=1S/C27H20F2N2O2S/c28-19-13-15-20(16-14-19)30-27(33)25(18-7-2-1-3-8-18)34-22-10-6-9-21(17-22)31-26(32)23-11-4-5-12-24(23)29/h1-17,25H,(H,30,33)(H,31,32). The molecule has 4 aromatic carbocycles. The first-order valence-electron chi connectivity index (χ1n) is 10.4. The van der Waals surface area contributed by atoms with Crippen LogP contribution in [-0.2, 0) is 4.79 Å². The Hall–Kier alpha value is -3.97. The van der Waals surface area contributed by atoms with Crippen molar-refractivity contribution in [2.75, 3.05) is 10.6 Å². The van der Waals surface area contributed by atoms with Gasteiger partial charge >= 0.3 is 0 Å². The average molecular weight is 475 g/mol. The van der Waals surface area contributed by atoms with Gasteiger partial charge in [-0.3, -0.25) is 9.59 Å². The third-order valence-electron chi connectivity index (χ3n) is 4.92. The Morgan fingerprint density at radius 2 is 1.41 bits per heavy atom. The fraction of sp³-hybridized carbons (Fsp3) is 0.0370. The van der Waals surface area contributed by atoms with Crippen molar-refractivity contribution in [2.45, 2.75) is 10.1 Å². The number of benzene rings is 4. The van der Waals surface area contributed by atoms with Crippen molar-refractivity contribution >= 4 is 35.0 Å². The molecule has 0 aliphatic heterocycles. The van der Waals surface area contributed by atoms with E-state index in [-0.39, 0.29) is 17.3 Å². The van der Waals surface area contributed by atoms with Gasteiger partial charge in [-0.1, -0.05) is 48.5 Å². The van der Waals surface area contributed by atoms with Gasteiger partial charge in [0, 0.05) is 16.3 Å². The van der Waals surface area contributed by atoms with Crippen LogP contribution in [0.4, 0.5) is 20.2 Å². The Labute approximate surface area is 200 Å². The second-order valence-electron chi connectivity index (χ2n) is 7.37. The summed E-state index contributed by atoms with van der Waals surface area (Å²) in [5.41, 5.74) is 1.69. The molecular formula is C27H20F2N2O2S. The van der Waals surface area contributed by atoms with Gasteiger partial charge in [0.05, 0.1) is 5.56 Å². The van der Waals surface area contributed by atoms with Gasteiger partial charge in [-0.05, 0) is 60.2 Å². The van der Waals surface area contributed by atoms with Crippen LogP contribution in [0, 0.1) is 11.6 Å². The Morgan fingerprint density at radius 3 is 2.15 bits per heavy atom. The zero-order chi connectivity index (χ0) is 23.9. The minimum absolute atomic E-state index is 0.0543. The number of nitrogens with one attached hydrogen (secondary N) is 2. The summed E-state index contributed by atoms with van der Waals surface area (Å²) >= 11 is 1.30. The molecule has 0 fully saturated rings. The summed E-state index contributed by atoms with van der Waals surface area (Å²) in [7, 11) is 0. The van der Waals surface area contributed by atoms with E-state index in [4.69, 9.17) is 0 Å². The lowest BCUT2D eigenvalue weighted by molar-refractivity contribution is -0.115. The maximum absolute atomic E-state index is 13.9. The van der Waals surface area contributed by atoms with E-state index in [0.717, 1.165) is 10.5 Å². The van der Waals surface area contributed by atoms with Crippen LogP contribution < -0.4 is 10.6 Å². The van der Waals surface area contributed by atoms with E-state index >= 15 is 0 Å². The number of carbonyl (C=O) groups excluding carboxylic acids is 2. The summed E-state index contributed by atoms with van der Waals surface area (Å²) in [4.78, 5) is 26.4. The lowest BCUT2D eigenvalue weighted by Gasteiger charge is -2.18. The van der Waals surface area contributed by atoms with Gasteiger partial charge in [-0.25, -0.2) is 8.78 Å². The second-order valence-corrected chi connectivity index (χ2v) is 8.55. The first kappa shape index (κ1) is 23.2. The number of hydrogen-bond donors (Lipinski definition) is 2. The molecule has 170 valence electrons. The van der Waals surface area contributed by atoms with Crippen molar-refractivity contribution in [3.05, 3.63) is 126 Å². The van der Waals surface area contributed by atoms with Crippen LogP contribution in [0.1, 0.15) is 21.2 Å². The Morgan fingerprint density at radius 1 is 0.706 bits per heavy atom. The predicted molar refractivity (Wildman–Crippen MR) is 131 cm³/mol. The molecule has 2 amide bonds. The highest BCUT2D eigenvalue weighted by Crippen LogP contribution is 2.37. The molecule has 0 aliphatic carbocycles. The minimum atomic E-state index is -0.608. The first-order chi connectivity index (χ1) is 16.5. The van der Waals surface area contributed by atoms with Gasteiger partial charge in [-0.2, -0.15) is 0 Å². The second kappa shape index (κ2) is 10.8. The fourth-order valence-electron chi connectivity index (χ4n) is 3.27. The maximum Gasteiger partial charge on any atom is 0.258 e. The largest absolute Gasteiger partial charge is 0.325 e. The summed E-state index contributed by atoms with van der Waals surface area (Å²) in [6.45, 7) is 0. The highest BCUT2D eigenvalue weighted by Gasteiger charge is 2.22. The highest BCUT2D eigenvalue weighted by molar-refractivity contribution is 8.00. The van der Waals surface area contributed by atoms with Crippen molar-refractivity contribution in [1.29, 1.82) is 0 Å². The molecule has 0 saturated heterocycles. The Kier molecular flexibility index (Phi) is 7.34. The van der Waals surface area contributed by atoms with Gasteiger partial charge in [0.2, 0.25) is 5.91 Å². The van der Waals surface area contributed by atoms with E-state index in [1.165, 1.54) is 54.2 Å². The van der Waals surface area contributed by atoms with E-state index in [0.29, 0.717) is 11.4 Å². The lowest BCUT2D eigenvalue weighted by Crippen LogP contribution is -2.19. The van der Waals surface area contributed by atoms with Crippen molar-refractivity contribution in [3.8, 4) is 0 Å². The number of rotatable bonds is 7. The van der Waals surface area contributed by atoms with Gasteiger partial charge in [0.15, 0.2) is 0 Å². The topological polar surface area (TPSA) is 58.2 Å². The SMILES string of the molecule is O=C(Nc1cccc(SC(C(=O)Nc2ccc(F)cc2)c2ccccc2)c1)c1ccccc1F. The summed E-state index contributed by atoms with van der Waals surface area (Å²) in [5.74, 6) is -1.83. The van der Waals surface area contributed by atoms with Crippen molar-refractivity contribution < 1.29 is 18.4 Å². The van der Waals surface area contributed by atoms with E-state index in [2.05, 4.69) is 10.6 Å². The van der Waals surface area contributed by atoms with Crippen LogP contribution >= 0.6 is 11.8 Å². The van der Waals surface area contributed by atoms with Crippen LogP contribution in [0.15, 0.2) is 108 Å². The highest BCUT2D eigenvalue weighted by atomic mass is 32.2. The monoisotopic (exact) mass is 474 g/mol. The van der Waals surface area contributed by atoms with E-state index in [1.807, 2.05) is 36.4 Å². The van der Waals surface area contributed by atoms with Crippen molar-refractivity contribution in [1.82, 2.24) is 0 Å². The Balaban J connectivity index is 1.54. The number of anilines is 2. The molecule has 4 aromatic rings. The lowest BCUT2D eigenvalue weighted by atomic mass is 10.1. The minimum Gasteiger partial charge on any atom is -0.325 e. The van der Waals surface area contributed by atoms with Gasteiger partial charge in [0.1, 0.15) is 16.9 Å². The Bertz CT molecular complexity index is 1300. The molecule has 1 atom stereocenters. The van der Waals surface area contributed by atoms with Crippen LogP contribution in [0.3, 0.4) is 0 Å². The van der Waals surface area contributed by atoms with Gasteiger partial charge < -0.3 is 10.6 Å². The normalized spacial score (nSPS) is 11.5. The molecule has 0 heterocycles. The summed E-state index contributed by atoms with van der Waals surface area (Å²) in [6.07, 6.45) is 0. The number of hydrogen-bond acceptors (Lipinski definition) is 3. The molecule has 0 aromatic heterocycles. The molecule has 7 heteroatoms. The van der Waals surface area contributed by atoms with Crippen LogP contribution in [-0.4, -0.2) is 11.8 Å². The van der Waals surface area contributed by atoms with Gasteiger partial charge in [-0.15, -0.1) is 11.8 Å². The molecule has 34 heavy (non-hydrogen) atoms. The fourth-order valence-corrected chi connectivity index (χ4v) is 4.35. The molecule has 0 saturated carbocycles. The van der Waals surface area contributed by atoms with Crippen LogP contribution in [0.2, 0.25) is 0 Å². The molecule has 4 rings (SSSR count). The number of carbonyl (C=O) groups is 2. The zero-order valence-electron chi connectivity index (χ0n) is 17.9. The molecule has 0 aliphatic rings. The zero-order valence-corrected chi connectivity index (χ0v) is 18.7. The van der Waals surface area contributed by atoms with E-state index < -0.39 is 17.0 Å². The summed E-state index contributed by atoms with van der Waals surface area (Å²) in [6, 6.07) is 27.6. The molecule has 0 spiro atoms. The van der Waals surface area contributed by atoms with Crippen molar-refractivity contribution in [3.63, 3.8) is 0 Å². The first-order valence-corrected chi connectivity index (χ1v) is 11.3. The third-order valence-corrected chi connectivity index (χ3v) is 6.16. The molecular weight excluding hydrogens is 454 g/mol. The van der Waals surface area contributed by atoms with Crippen molar-refractivity contribution in [2.24, 2.45) is 0 Å². The molecule has 1 unspecified atom stereocenters. The third kappa shape index (κ3) is 5.88. The molecule has 2 N–H and O–H groups in total. The van der Waals surface area contributed by atoms with E-state index in [1.54, 1.807) is 24.3 Å². The molecule has 4 nitrogen and oxygen atoms in total.